The van der Waals surface area contributed by atoms with Crippen LogP contribution < -0.4 is 0 Å². The van der Waals surface area contributed by atoms with E-state index in [1.54, 1.807) is 7.11 Å². The topological polar surface area (TPSA) is 14.2 Å². The smallest absolute Gasteiger partial charge is 0.122 e. The Balaban J connectivity index is 1.88. The van der Waals surface area contributed by atoms with Crippen molar-refractivity contribution in [3.63, 3.8) is 0 Å². The first-order chi connectivity index (χ1) is 10.4. The van der Waals surface area contributed by atoms with Crippen LogP contribution in [0.3, 0.4) is 0 Å². The first-order valence-corrected chi connectivity index (χ1v) is 7.23. The number of fused-ring (bicyclic) bond motifs is 3. The number of ether oxygens (including phenoxy) is 1. The lowest BCUT2D eigenvalue weighted by Gasteiger charge is -2.12. The van der Waals surface area contributed by atoms with E-state index in [4.69, 9.17) is 4.74 Å². The van der Waals surface area contributed by atoms with Crippen molar-refractivity contribution in [2.75, 3.05) is 7.11 Å². The number of methoxy groups -OCH3 is 1. The molecule has 1 aromatic heterocycles. The zero-order valence-corrected chi connectivity index (χ0v) is 12.0. The molecule has 1 aliphatic carbocycles. The molecule has 0 bridgehead atoms. The molecule has 104 valence electrons. The number of nitrogens with zero attached hydrogens (tertiary/aromatic N) is 1. The molecule has 0 saturated heterocycles. The lowest BCUT2D eigenvalue weighted by atomic mass is 9.99. The number of aromatic nitrogens is 1. The summed E-state index contributed by atoms with van der Waals surface area (Å²) < 4.78 is 7.44. The van der Waals surface area contributed by atoms with Crippen molar-refractivity contribution in [3.8, 4) is 22.4 Å². The molecule has 2 nitrogen and oxygen atoms in total. The summed E-state index contributed by atoms with van der Waals surface area (Å²) >= 11 is 0. The molecule has 3 aromatic rings. The molecule has 0 fully saturated rings. The summed E-state index contributed by atoms with van der Waals surface area (Å²) in [5.74, 6) is 0. The average Bonchev–Trinajstić information content (AvgIpc) is 3.11. The molecule has 21 heavy (non-hydrogen) atoms. The van der Waals surface area contributed by atoms with Gasteiger partial charge >= 0.3 is 0 Å². The van der Waals surface area contributed by atoms with E-state index in [-0.39, 0.29) is 0 Å². The minimum Gasteiger partial charge on any atom is -0.364 e. The minimum absolute atomic E-state index is 0.582. The van der Waals surface area contributed by atoms with Gasteiger partial charge in [0.05, 0.1) is 5.69 Å². The highest BCUT2D eigenvalue weighted by molar-refractivity contribution is 5.84. The first-order valence-electron chi connectivity index (χ1n) is 7.23. The lowest BCUT2D eigenvalue weighted by molar-refractivity contribution is 0.133. The molecule has 0 unspecified atom stereocenters. The predicted molar refractivity (Wildman–Crippen MR) is 85.1 cm³/mol. The summed E-state index contributed by atoms with van der Waals surface area (Å²) in [6.45, 7) is 0.582. The Morgan fingerprint density at radius 3 is 2.62 bits per heavy atom. The molecular weight excluding hydrogens is 258 g/mol. The van der Waals surface area contributed by atoms with Gasteiger partial charge in [-0.15, -0.1) is 0 Å². The fourth-order valence-corrected chi connectivity index (χ4v) is 3.31. The van der Waals surface area contributed by atoms with Gasteiger partial charge in [0.1, 0.15) is 6.73 Å². The van der Waals surface area contributed by atoms with Crippen LogP contribution in [0, 0.1) is 0 Å². The van der Waals surface area contributed by atoms with Crippen LogP contribution in [0.25, 0.3) is 22.4 Å². The second-order valence-electron chi connectivity index (χ2n) is 5.45. The van der Waals surface area contributed by atoms with Crippen molar-refractivity contribution in [2.45, 2.75) is 13.2 Å². The summed E-state index contributed by atoms with van der Waals surface area (Å²) in [4.78, 5) is 0. The van der Waals surface area contributed by atoms with E-state index in [0.29, 0.717) is 6.73 Å². The second kappa shape index (κ2) is 4.90. The summed E-state index contributed by atoms with van der Waals surface area (Å²) in [5.41, 5.74) is 8.12. The van der Waals surface area contributed by atoms with E-state index in [9.17, 15) is 0 Å². The third-order valence-corrected chi connectivity index (χ3v) is 4.22. The summed E-state index contributed by atoms with van der Waals surface area (Å²) in [7, 11) is 1.73. The number of hydrogen-bond donors (Lipinski definition) is 0. The monoisotopic (exact) mass is 275 g/mol. The highest BCUT2D eigenvalue weighted by atomic mass is 16.5. The second-order valence-corrected chi connectivity index (χ2v) is 5.45. The van der Waals surface area contributed by atoms with E-state index < -0.39 is 0 Å². The SMILES string of the molecule is COCn1cccc1-c1cccc2c1Cc1ccccc1-2. The highest BCUT2D eigenvalue weighted by Crippen LogP contribution is 2.41. The van der Waals surface area contributed by atoms with Crippen LogP contribution in [0.15, 0.2) is 60.8 Å². The largest absolute Gasteiger partial charge is 0.364 e. The van der Waals surface area contributed by atoms with Crippen LogP contribution in [0.1, 0.15) is 11.1 Å². The normalized spacial score (nSPS) is 12.2. The van der Waals surface area contributed by atoms with Crippen LogP contribution in [0.5, 0.6) is 0 Å². The van der Waals surface area contributed by atoms with E-state index in [1.807, 2.05) is 0 Å². The van der Waals surface area contributed by atoms with E-state index >= 15 is 0 Å². The Morgan fingerprint density at radius 1 is 0.905 bits per heavy atom. The van der Waals surface area contributed by atoms with Gasteiger partial charge in [0.15, 0.2) is 0 Å². The molecule has 0 saturated carbocycles. The van der Waals surface area contributed by atoms with Gasteiger partial charge in [0.25, 0.3) is 0 Å². The van der Waals surface area contributed by atoms with Gasteiger partial charge in [-0.2, -0.15) is 0 Å². The summed E-state index contributed by atoms with van der Waals surface area (Å²) in [6, 6.07) is 19.5. The predicted octanol–water partition coefficient (Wildman–Crippen LogP) is 4.33. The van der Waals surface area contributed by atoms with Gasteiger partial charge in [0, 0.05) is 18.9 Å². The van der Waals surface area contributed by atoms with E-state index in [0.717, 1.165) is 6.42 Å². The fourth-order valence-electron chi connectivity index (χ4n) is 3.31. The van der Waals surface area contributed by atoms with Crippen LogP contribution in [-0.2, 0) is 17.9 Å². The van der Waals surface area contributed by atoms with Crippen molar-refractivity contribution in [3.05, 3.63) is 71.9 Å². The molecule has 0 amide bonds. The Bertz CT molecular complexity index is 801. The molecule has 0 radical (unpaired) electrons. The van der Waals surface area contributed by atoms with Gasteiger partial charge in [-0.3, -0.25) is 0 Å². The van der Waals surface area contributed by atoms with Gasteiger partial charge in [-0.1, -0.05) is 42.5 Å². The van der Waals surface area contributed by atoms with Gasteiger partial charge < -0.3 is 9.30 Å². The minimum atomic E-state index is 0.582. The summed E-state index contributed by atoms with van der Waals surface area (Å²) in [5, 5.41) is 0. The van der Waals surface area contributed by atoms with Crippen molar-refractivity contribution in [1.29, 1.82) is 0 Å². The Hall–Kier alpha value is -2.32. The van der Waals surface area contributed by atoms with Crippen molar-refractivity contribution >= 4 is 0 Å². The molecule has 0 aliphatic heterocycles. The van der Waals surface area contributed by atoms with E-state index in [2.05, 4.69) is 65.4 Å². The van der Waals surface area contributed by atoms with Crippen LogP contribution in [0.4, 0.5) is 0 Å². The molecule has 4 rings (SSSR count). The summed E-state index contributed by atoms with van der Waals surface area (Å²) in [6.07, 6.45) is 3.08. The zero-order valence-electron chi connectivity index (χ0n) is 12.0. The third-order valence-electron chi connectivity index (χ3n) is 4.22. The zero-order chi connectivity index (χ0) is 14.2. The standard InChI is InChI=1S/C19H17NO/c1-21-13-20-11-5-10-19(20)17-9-4-8-16-15-7-3-2-6-14(15)12-18(16)17/h2-11H,12-13H2,1H3. The molecular formula is C19H17NO. The van der Waals surface area contributed by atoms with E-state index in [1.165, 1.54) is 33.5 Å². The van der Waals surface area contributed by atoms with Gasteiger partial charge in [-0.25, -0.2) is 0 Å². The molecule has 1 aliphatic rings. The molecule has 2 heteroatoms. The molecule has 1 heterocycles. The van der Waals surface area contributed by atoms with Crippen LogP contribution >= 0.6 is 0 Å². The van der Waals surface area contributed by atoms with Crippen molar-refractivity contribution < 1.29 is 4.74 Å². The molecule has 0 spiro atoms. The third kappa shape index (κ3) is 1.91. The number of benzene rings is 2. The maximum Gasteiger partial charge on any atom is 0.122 e. The van der Waals surface area contributed by atoms with Crippen molar-refractivity contribution in [2.24, 2.45) is 0 Å². The van der Waals surface area contributed by atoms with Crippen molar-refractivity contribution in [1.82, 2.24) is 4.57 Å². The lowest BCUT2D eigenvalue weighted by Crippen LogP contribution is -2.01. The fraction of sp³-hybridized carbons (Fsp3) is 0.158. The quantitative estimate of drug-likeness (QED) is 0.543. The Morgan fingerprint density at radius 2 is 1.71 bits per heavy atom. The van der Waals surface area contributed by atoms with Crippen LogP contribution in [-0.4, -0.2) is 11.7 Å². The van der Waals surface area contributed by atoms with Gasteiger partial charge in [-0.05, 0) is 40.8 Å². The maximum absolute atomic E-state index is 5.29. The average molecular weight is 275 g/mol. The van der Waals surface area contributed by atoms with Gasteiger partial charge in [0.2, 0.25) is 0 Å². The first kappa shape index (κ1) is 12.4. The molecule has 0 N–H and O–H groups in total. The highest BCUT2D eigenvalue weighted by Gasteiger charge is 2.21. The number of hydrogen-bond acceptors (Lipinski definition) is 1. The molecule has 0 atom stereocenters. The number of rotatable bonds is 3. The molecule has 2 aromatic carbocycles. The Labute approximate surface area is 124 Å². The van der Waals surface area contributed by atoms with Crippen LogP contribution in [0.2, 0.25) is 0 Å². The maximum atomic E-state index is 5.29. The Kier molecular flexibility index (Phi) is 2.90.